The van der Waals surface area contributed by atoms with Gasteiger partial charge in [-0.15, -0.1) is 0 Å². The highest BCUT2D eigenvalue weighted by Crippen LogP contribution is 2.25. The molecule has 0 fully saturated rings. The van der Waals surface area contributed by atoms with Crippen LogP contribution in [0.15, 0.2) is 23.8 Å². The minimum Gasteiger partial charge on any atom is -0.504 e. The van der Waals surface area contributed by atoms with E-state index in [-0.39, 0.29) is 23.2 Å². The van der Waals surface area contributed by atoms with Crippen molar-refractivity contribution in [3.05, 3.63) is 29.3 Å². The summed E-state index contributed by atoms with van der Waals surface area (Å²) in [5.74, 6) is -1.03. The first-order chi connectivity index (χ1) is 10.9. The van der Waals surface area contributed by atoms with E-state index in [1.807, 2.05) is 19.9 Å². The molecule has 6 heteroatoms. The lowest BCUT2D eigenvalue weighted by molar-refractivity contribution is -0.117. The third kappa shape index (κ3) is 6.85. The van der Waals surface area contributed by atoms with Crippen molar-refractivity contribution in [2.24, 2.45) is 0 Å². The maximum Gasteiger partial charge on any atom is 0.261 e. The van der Waals surface area contributed by atoms with Gasteiger partial charge in [-0.05, 0) is 50.5 Å². The third-order valence-electron chi connectivity index (χ3n) is 2.98. The molecule has 1 rings (SSSR count). The quantitative estimate of drug-likeness (QED) is 0.295. The van der Waals surface area contributed by atoms with E-state index in [0.29, 0.717) is 18.7 Å². The average molecular weight is 318 g/mol. The highest BCUT2D eigenvalue weighted by molar-refractivity contribution is 6.01. The van der Waals surface area contributed by atoms with Crippen molar-refractivity contribution in [2.45, 2.75) is 32.8 Å². The number of nitrogens with one attached hydrogen (secondary N) is 1. The largest absolute Gasteiger partial charge is 0.504 e. The highest BCUT2D eigenvalue weighted by atomic mass is 16.5. The number of hydrogen-bond donors (Lipinski definition) is 3. The number of unbranched alkanes of at least 4 members (excludes halogenated alkanes) is 1. The second-order valence-corrected chi connectivity index (χ2v) is 5.30. The second kappa shape index (κ2) is 9.49. The molecule has 1 aromatic carbocycles. The molecule has 1 amide bonds. The van der Waals surface area contributed by atoms with Crippen LogP contribution in [0.4, 0.5) is 0 Å². The summed E-state index contributed by atoms with van der Waals surface area (Å²) in [6, 6.07) is 5.91. The molecule has 0 unspecified atom stereocenters. The van der Waals surface area contributed by atoms with E-state index >= 15 is 0 Å². The zero-order chi connectivity index (χ0) is 17.2. The molecule has 3 N–H and O–H groups in total. The molecule has 0 saturated carbocycles. The minimum atomic E-state index is -0.468. The fourth-order valence-corrected chi connectivity index (χ4v) is 1.79. The van der Waals surface area contributed by atoms with E-state index in [0.717, 1.165) is 12.8 Å². The van der Waals surface area contributed by atoms with E-state index < -0.39 is 5.91 Å². The van der Waals surface area contributed by atoms with Gasteiger partial charge in [-0.2, -0.15) is 5.26 Å². The molecule has 0 saturated heterocycles. The van der Waals surface area contributed by atoms with Crippen molar-refractivity contribution in [1.29, 1.82) is 5.26 Å². The molecule has 0 spiro atoms. The Morgan fingerprint density at radius 1 is 1.35 bits per heavy atom. The summed E-state index contributed by atoms with van der Waals surface area (Å²) in [5, 5.41) is 30.4. The van der Waals surface area contributed by atoms with Crippen molar-refractivity contribution >= 4 is 12.0 Å². The number of nitriles is 1. The highest BCUT2D eigenvalue weighted by Gasteiger charge is 2.09. The maximum absolute atomic E-state index is 11.9. The zero-order valence-electron chi connectivity index (χ0n) is 13.4. The molecule has 0 aliphatic heterocycles. The van der Waals surface area contributed by atoms with Crippen molar-refractivity contribution in [3.8, 4) is 17.6 Å². The zero-order valence-corrected chi connectivity index (χ0v) is 13.4. The third-order valence-corrected chi connectivity index (χ3v) is 2.98. The Hall–Kier alpha value is -2.52. The number of aromatic hydroxyl groups is 2. The number of carbonyl (C=O) groups excluding carboxylic acids is 1. The van der Waals surface area contributed by atoms with Gasteiger partial charge in [-0.1, -0.05) is 6.07 Å². The molecule has 1 aromatic rings. The van der Waals surface area contributed by atoms with Gasteiger partial charge in [0.15, 0.2) is 11.5 Å². The van der Waals surface area contributed by atoms with Gasteiger partial charge in [0.2, 0.25) is 0 Å². The Balaban J connectivity index is 2.50. The van der Waals surface area contributed by atoms with Crippen LogP contribution in [-0.2, 0) is 9.53 Å². The molecule has 0 bridgehead atoms. The van der Waals surface area contributed by atoms with Crippen LogP contribution in [0.25, 0.3) is 6.08 Å². The Morgan fingerprint density at radius 2 is 2.09 bits per heavy atom. The molecule has 0 aromatic heterocycles. The summed E-state index contributed by atoms with van der Waals surface area (Å²) in [6.45, 7) is 5.03. The van der Waals surface area contributed by atoms with Crippen molar-refractivity contribution in [2.75, 3.05) is 13.2 Å². The Kier molecular flexibility index (Phi) is 7.64. The van der Waals surface area contributed by atoms with Crippen molar-refractivity contribution < 1.29 is 19.7 Å². The van der Waals surface area contributed by atoms with Gasteiger partial charge in [0, 0.05) is 13.2 Å². The molecule has 0 heterocycles. The maximum atomic E-state index is 11.9. The van der Waals surface area contributed by atoms with Gasteiger partial charge in [0.25, 0.3) is 5.91 Å². The van der Waals surface area contributed by atoms with Crippen LogP contribution >= 0.6 is 0 Å². The number of carbonyl (C=O) groups is 1. The Labute approximate surface area is 136 Å². The number of nitrogens with zero attached hydrogens (tertiary/aromatic N) is 1. The van der Waals surface area contributed by atoms with Crippen molar-refractivity contribution in [3.63, 3.8) is 0 Å². The number of phenols is 2. The van der Waals surface area contributed by atoms with Crippen LogP contribution in [0.1, 0.15) is 32.3 Å². The first-order valence-corrected chi connectivity index (χ1v) is 7.47. The summed E-state index contributed by atoms with van der Waals surface area (Å²) in [6.07, 6.45) is 3.14. The van der Waals surface area contributed by atoms with Gasteiger partial charge >= 0.3 is 0 Å². The van der Waals surface area contributed by atoms with Crippen LogP contribution in [0, 0.1) is 11.3 Å². The molecular weight excluding hydrogens is 296 g/mol. The van der Waals surface area contributed by atoms with Crippen molar-refractivity contribution in [1.82, 2.24) is 5.32 Å². The van der Waals surface area contributed by atoms with Crippen LogP contribution < -0.4 is 5.32 Å². The Bertz CT molecular complexity index is 603. The van der Waals surface area contributed by atoms with E-state index in [9.17, 15) is 15.0 Å². The number of ether oxygens (including phenoxy) is 1. The smallest absolute Gasteiger partial charge is 0.261 e. The van der Waals surface area contributed by atoms with E-state index in [1.54, 1.807) is 0 Å². The lowest BCUT2D eigenvalue weighted by atomic mass is 10.1. The minimum absolute atomic E-state index is 0.0616. The predicted molar refractivity (Wildman–Crippen MR) is 86.7 cm³/mol. The van der Waals surface area contributed by atoms with E-state index in [4.69, 9.17) is 10.00 Å². The lowest BCUT2D eigenvalue weighted by Crippen LogP contribution is -2.25. The molecule has 124 valence electrons. The SMILES string of the molecule is CC(C)OCCCCNC(=O)/C(C#N)=C/c1ccc(O)c(O)c1. The topological polar surface area (TPSA) is 103 Å². The van der Waals surface area contributed by atoms with Gasteiger partial charge in [0.05, 0.1) is 6.10 Å². The molecular formula is C17H22N2O4. The summed E-state index contributed by atoms with van der Waals surface area (Å²) in [7, 11) is 0. The lowest BCUT2D eigenvalue weighted by Gasteiger charge is -2.07. The summed E-state index contributed by atoms with van der Waals surface area (Å²) < 4.78 is 5.40. The Morgan fingerprint density at radius 3 is 2.70 bits per heavy atom. The number of phenolic OH excluding ortho intramolecular Hbond substituents is 2. The first-order valence-electron chi connectivity index (χ1n) is 7.47. The van der Waals surface area contributed by atoms with Crippen LogP contribution in [0.3, 0.4) is 0 Å². The molecule has 0 aliphatic carbocycles. The summed E-state index contributed by atoms with van der Waals surface area (Å²) in [4.78, 5) is 11.9. The number of rotatable bonds is 8. The van der Waals surface area contributed by atoms with Crippen LogP contribution in [0.5, 0.6) is 11.5 Å². The first kappa shape index (κ1) is 18.5. The predicted octanol–water partition coefficient (Wildman–Crippen LogP) is 2.33. The van der Waals surface area contributed by atoms with E-state index in [2.05, 4.69) is 5.32 Å². The van der Waals surface area contributed by atoms with Gasteiger partial charge in [0.1, 0.15) is 11.6 Å². The van der Waals surface area contributed by atoms with Gasteiger partial charge in [-0.25, -0.2) is 0 Å². The fraction of sp³-hybridized carbons (Fsp3) is 0.412. The standard InChI is InChI=1S/C17H22N2O4/c1-12(2)23-8-4-3-7-19-17(22)14(11-18)9-13-5-6-15(20)16(21)10-13/h5-6,9-10,12,20-21H,3-4,7-8H2,1-2H3,(H,19,22)/b14-9+. The average Bonchev–Trinajstić information content (AvgIpc) is 2.51. The monoisotopic (exact) mass is 318 g/mol. The van der Waals surface area contributed by atoms with Gasteiger partial charge < -0.3 is 20.3 Å². The summed E-state index contributed by atoms with van der Waals surface area (Å²) >= 11 is 0. The molecule has 0 radical (unpaired) electrons. The molecule has 0 atom stereocenters. The molecule has 0 aliphatic rings. The van der Waals surface area contributed by atoms with E-state index in [1.165, 1.54) is 24.3 Å². The normalized spacial score (nSPS) is 11.3. The van der Waals surface area contributed by atoms with Crippen LogP contribution in [-0.4, -0.2) is 35.4 Å². The second-order valence-electron chi connectivity index (χ2n) is 5.30. The summed E-state index contributed by atoms with van der Waals surface area (Å²) in [5.41, 5.74) is 0.394. The fourth-order valence-electron chi connectivity index (χ4n) is 1.79. The number of benzene rings is 1. The number of hydrogen-bond acceptors (Lipinski definition) is 5. The number of amides is 1. The molecule has 23 heavy (non-hydrogen) atoms. The molecule has 6 nitrogen and oxygen atoms in total. The van der Waals surface area contributed by atoms with Crippen LogP contribution in [0.2, 0.25) is 0 Å². The van der Waals surface area contributed by atoms with Gasteiger partial charge in [-0.3, -0.25) is 4.79 Å².